The summed E-state index contributed by atoms with van der Waals surface area (Å²) in [6, 6.07) is 7.78. The van der Waals surface area contributed by atoms with Gasteiger partial charge in [0.2, 0.25) is 0 Å². The van der Waals surface area contributed by atoms with E-state index in [4.69, 9.17) is 4.74 Å². The van der Waals surface area contributed by atoms with Crippen LogP contribution in [0.15, 0.2) is 28.7 Å². The minimum Gasteiger partial charge on any atom is -0.492 e. The van der Waals surface area contributed by atoms with Crippen molar-refractivity contribution in [3.05, 3.63) is 28.7 Å². The fourth-order valence-corrected chi connectivity index (χ4v) is 1.93. The lowest BCUT2D eigenvalue weighted by atomic mass is 10.2. The van der Waals surface area contributed by atoms with Crippen LogP contribution in [0.2, 0.25) is 0 Å². The number of halogens is 1. The second-order valence-corrected chi connectivity index (χ2v) is 5.33. The van der Waals surface area contributed by atoms with Gasteiger partial charge in [0.1, 0.15) is 12.4 Å². The molecule has 1 fully saturated rings. The van der Waals surface area contributed by atoms with Crippen LogP contribution >= 0.6 is 15.9 Å². The molecule has 1 saturated carbocycles. The van der Waals surface area contributed by atoms with E-state index in [-0.39, 0.29) is 6.10 Å². The molecule has 17 heavy (non-hydrogen) atoms. The number of nitrogens with one attached hydrogen (secondary N) is 1. The van der Waals surface area contributed by atoms with E-state index >= 15 is 0 Å². The molecule has 0 bridgehead atoms. The highest BCUT2D eigenvalue weighted by Gasteiger charge is 2.28. The van der Waals surface area contributed by atoms with E-state index < -0.39 is 0 Å². The fraction of sp³-hybridized carbons (Fsp3) is 0.538. The van der Waals surface area contributed by atoms with E-state index in [9.17, 15) is 5.11 Å². The van der Waals surface area contributed by atoms with E-state index in [0.29, 0.717) is 19.1 Å². The Morgan fingerprint density at radius 1 is 1.35 bits per heavy atom. The van der Waals surface area contributed by atoms with E-state index in [2.05, 4.69) is 21.2 Å². The van der Waals surface area contributed by atoms with Gasteiger partial charge in [0.15, 0.2) is 0 Å². The largest absolute Gasteiger partial charge is 0.492 e. The molecule has 0 amide bonds. The number of aliphatic hydroxyl groups is 1. The predicted octanol–water partition coefficient (Wildman–Crippen LogP) is 2.19. The maximum atomic E-state index is 9.63. The number of ether oxygens (including phenoxy) is 1. The molecule has 1 aromatic rings. The molecule has 0 saturated heterocycles. The Labute approximate surface area is 110 Å². The molecule has 1 atom stereocenters. The Balaban J connectivity index is 1.55. The first-order chi connectivity index (χ1) is 8.25. The SMILES string of the molecule is OC(CNCCOc1ccc(Br)cc1)C1CC1. The molecular weight excluding hydrogens is 282 g/mol. The molecule has 1 aliphatic carbocycles. The normalized spacial score (nSPS) is 16.8. The third-order valence-electron chi connectivity index (χ3n) is 2.88. The van der Waals surface area contributed by atoms with E-state index in [1.165, 1.54) is 12.8 Å². The predicted molar refractivity (Wildman–Crippen MR) is 71.2 cm³/mol. The summed E-state index contributed by atoms with van der Waals surface area (Å²) in [5.74, 6) is 1.41. The topological polar surface area (TPSA) is 41.5 Å². The Morgan fingerprint density at radius 3 is 2.71 bits per heavy atom. The summed E-state index contributed by atoms with van der Waals surface area (Å²) < 4.78 is 6.61. The highest BCUT2D eigenvalue weighted by Crippen LogP contribution is 2.32. The first-order valence-electron chi connectivity index (χ1n) is 6.03. The third-order valence-corrected chi connectivity index (χ3v) is 3.41. The first-order valence-corrected chi connectivity index (χ1v) is 6.82. The number of rotatable bonds is 7. The molecule has 3 nitrogen and oxygen atoms in total. The van der Waals surface area contributed by atoms with Gasteiger partial charge in [0.05, 0.1) is 6.10 Å². The molecule has 1 aliphatic rings. The lowest BCUT2D eigenvalue weighted by Crippen LogP contribution is -2.31. The van der Waals surface area contributed by atoms with Crippen LogP contribution in [-0.2, 0) is 0 Å². The van der Waals surface area contributed by atoms with Crippen molar-refractivity contribution in [2.75, 3.05) is 19.7 Å². The summed E-state index contributed by atoms with van der Waals surface area (Å²) in [5.41, 5.74) is 0. The Morgan fingerprint density at radius 2 is 2.06 bits per heavy atom. The van der Waals surface area contributed by atoms with Crippen LogP contribution in [0.25, 0.3) is 0 Å². The number of aliphatic hydroxyl groups excluding tert-OH is 1. The zero-order valence-corrected chi connectivity index (χ0v) is 11.3. The van der Waals surface area contributed by atoms with Crippen LogP contribution in [0, 0.1) is 5.92 Å². The van der Waals surface area contributed by atoms with Crippen molar-refractivity contribution in [3.8, 4) is 5.75 Å². The van der Waals surface area contributed by atoms with Gasteiger partial charge in [-0.15, -0.1) is 0 Å². The lowest BCUT2D eigenvalue weighted by molar-refractivity contribution is 0.147. The first kappa shape index (κ1) is 12.9. The van der Waals surface area contributed by atoms with Gasteiger partial charge in [-0.25, -0.2) is 0 Å². The quantitative estimate of drug-likeness (QED) is 0.759. The average molecular weight is 300 g/mol. The van der Waals surface area contributed by atoms with Crippen molar-refractivity contribution in [1.29, 1.82) is 0 Å². The van der Waals surface area contributed by atoms with Gasteiger partial charge in [-0.3, -0.25) is 0 Å². The summed E-state index contributed by atoms with van der Waals surface area (Å²) in [6.45, 7) is 2.06. The highest BCUT2D eigenvalue weighted by molar-refractivity contribution is 9.10. The second kappa shape index (κ2) is 6.38. The molecule has 0 radical (unpaired) electrons. The van der Waals surface area contributed by atoms with Crippen LogP contribution in [0.4, 0.5) is 0 Å². The summed E-state index contributed by atoms with van der Waals surface area (Å²) >= 11 is 3.38. The van der Waals surface area contributed by atoms with Crippen molar-refractivity contribution >= 4 is 15.9 Å². The van der Waals surface area contributed by atoms with Crippen LogP contribution < -0.4 is 10.1 Å². The molecule has 0 spiro atoms. The summed E-state index contributed by atoms with van der Waals surface area (Å²) in [7, 11) is 0. The van der Waals surface area contributed by atoms with Gasteiger partial charge < -0.3 is 15.2 Å². The zero-order chi connectivity index (χ0) is 12.1. The van der Waals surface area contributed by atoms with Crippen LogP contribution in [0.1, 0.15) is 12.8 Å². The van der Waals surface area contributed by atoms with Crippen molar-refractivity contribution in [3.63, 3.8) is 0 Å². The Kier molecular flexibility index (Phi) is 4.83. The third kappa shape index (κ3) is 4.66. The standard InChI is InChI=1S/C13H18BrNO2/c14-11-3-5-12(6-4-11)17-8-7-15-9-13(16)10-1-2-10/h3-6,10,13,15-16H,1-2,7-9H2. The van der Waals surface area contributed by atoms with E-state index in [1.54, 1.807) is 0 Å². The molecule has 94 valence electrons. The van der Waals surface area contributed by atoms with Gasteiger partial charge in [-0.2, -0.15) is 0 Å². The van der Waals surface area contributed by atoms with Crippen LogP contribution in [-0.4, -0.2) is 30.9 Å². The number of hydrogen-bond donors (Lipinski definition) is 2. The van der Waals surface area contributed by atoms with Gasteiger partial charge in [0.25, 0.3) is 0 Å². The molecule has 2 N–H and O–H groups in total. The summed E-state index contributed by atoms with van der Waals surface area (Å²) in [5, 5.41) is 12.8. The van der Waals surface area contributed by atoms with Crippen molar-refractivity contribution in [2.24, 2.45) is 5.92 Å². The van der Waals surface area contributed by atoms with Gasteiger partial charge in [-0.05, 0) is 43.0 Å². The maximum absolute atomic E-state index is 9.63. The average Bonchev–Trinajstić information content (AvgIpc) is 3.15. The van der Waals surface area contributed by atoms with Crippen LogP contribution in [0.3, 0.4) is 0 Å². The summed E-state index contributed by atoms with van der Waals surface area (Å²) in [4.78, 5) is 0. The maximum Gasteiger partial charge on any atom is 0.119 e. The van der Waals surface area contributed by atoms with Crippen molar-refractivity contribution in [1.82, 2.24) is 5.32 Å². The second-order valence-electron chi connectivity index (χ2n) is 4.41. The lowest BCUT2D eigenvalue weighted by Gasteiger charge is -2.11. The number of benzene rings is 1. The number of hydrogen-bond acceptors (Lipinski definition) is 3. The molecule has 4 heteroatoms. The molecule has 2 rings (SSSR count). The molecule has 1 aromatic carbocycles. The Hall–Kier alpha value is -0.580. The summed E-state index contributed by atoms with van der Waals surface area (Å²) in [6.07, 6.45) is 2.18. The minimum atomic E-state index is -0.178. The smallest absolute Gasteiger partial charge is 0.119 e. The molecular formula is C13H18BrNO2. The monoisotopic (exact) mass is 299 g/mol. The van der Waals surface area contributed by atoms with Gasteiger partial charge >= 0.3 is 0 Å². The molecule has 0 heterocycles. The Bertz CT molecular complexity index is 338. The molecule has 0 aromatic heterocycles. The fourth-order valence-electron chi connectivity index (χ4n) is 1.67. The van der Waals surface area contributed by atoms with Gasteiger partial charge in [-0.1, -0.05) is 15.9 Å². The van der Waals surface area contributed by atoms with E-state index in [0.717, 1.165) is 16.8 Å². The van der Waals surface area contributed by atoms with Crippen LogP contribution in [0.5, 0.6) is 5.75 Å². The van der Waals surface area contributed by atoms with Crippen molar-refractivity contribution < 1.29 is 9.84 Å². The highest BCUT2D eigenvalue weighted by atomic mass is 79.9. The zero-order valence-electron chi connectivity index (χ0n) is 9.73. The van der Waals surface area contributed by atoms with Gasteiger partial charge in [0, 0.05) is 17.6 Å². The minimum absolute atomic E-state index is 0.178. The molecule has 0 aliphatic heterocycles. The van der Waals surface area contributed by atoms with E-state index in [1.807, 2.05) is 24.3 Å². The van der Waals surface area contributed by atoms with Crippen molar-refractivity contribution in [2.45, 2.75) is 18.9 Å². The molecule has 1 unspecified atom stereocenters.